The molecule has 2 heterocycles. The van der Waals surface area contributed by atoms with Gasteiger partial charge in [-0.3, -0.25) is 9.69 Å². The second-order valence-electron chi connectivity index (χ2n) is 6.52. The van der Waals surface area contributed by atoms with Gasteiger partial charge in [-0.25, -0.2) is 0 Å². The van der Waals surface area contributed by atoms with E-state index in [1.807, 2.05) is 28.5 Å². The molecule has 1 aromatic carbocycles. The summed E-state index contributed by atoms with van der Waals surface area (Å²) in [5.41, 5.74) is 2.18. The maximum atomic E-state index is 12.9. The van der Waals surface area contributed by atoms with Gasteiger partial charge in [-0.1, -0.05) is 44.2 Å². The average Bonchev–Trinajstić information content (AvgIpc) is 3.05. The Kier molecular flexibility index (Phi) is 5.13. The molecule has 0 radical (unpaired) electrons. The molecule has 122 valence electrons. The van der Waals surface area contributed by atoms with Crippen molar-refractivity contribution in [3.05, 3.63) is 46.7 Å². The Hall–Kier alpha value is -1.65. The molecule has 0 unspecified atom stereocenters. The van der Waals surface area contributed by atoms with Crippen LogP contribution < -0.4 is 0 Å². The van der Waals surface area contributed by atoms with Crippen LogP contribution >= 0.6 is 11.3 Å². The lowest BCUT2D eigenvalue weighted by atomic mass is 10.1. The summed E-state index contributed by atoms with van der Waals surface area (Å²) in [4.78, 5) is 18.2. The Labute approximate surface area is 142 Å². The summed E-state index contributed by atoms with van der Waals surface area (Å²) in [5, 5.41) is 2.02. The molecule has 1 aromatic heterocycles. The fraction of sp³-hybridized carbons (Fsp3) is 0.421. The third-order valence-electron chi connectivity index (χ3n) is 4.23. The van der Waals surface area contributed by atoms with Crippen molar-refractivity contribution in [3.8, 4) is 11.1 Å². The minimum absolute atomic E-state index is 0.183. The van der Waals surface area contributed by atoms with Gasteiger partial charge < -0.3 is 4.90 Å². The topological polar surface area (TPSA) is 23.6 Å². The van der Waals surface area contributed by atoms with E-state index in [1.165, 1.54) is 0 Å². The van der Waals surface area contributed by atoms with Crippen LogP contribution in [-0.2, 0) is 0 Å². The van der Waals surface area contributed by atoms with Crippen molar-refractivity contribution in [2.75, 3.05) is 32.7 Å². The third kappa shape index (κ3) is 3.82. The Balaban J connectivity index is 1.70. The molecule has 4 heteroatoms. The maximum absolute atomic E-state index is 12.9. The second kappa shape index (κ2) is 7.28. The highest BCUT2D eigenvalue weighted by molar-refractivity contribution is 7.12. The van der Waals surface area contributed by atoms with E-state index < -0.39 is 0 Å². The average molecular weight is 328 g/mol. The minimum atomic E-state index is 0.183. The number of nitrogens with zero attached hydrogens (tertiary/aromatic N) is 2. The number of hydrogen-bond acceptors (Lipinski definition) is 3. The van der Waals surface area contributed by atoms with Crippen LogP contribution in [0.15, 0.2) is 41.8 Å². The van der Waals surface area contributed by atoms with E-state index in [4.69, 9.17) is 0 Å². The number of rotatable bonds is 4. The molecule has 1 amide bonds. The monoisotopic (exact) mass is 328 g/mol. The molecule has 0 atom stereocenters. The first-order valence-electron chi connectivity index (χ1n) is 8.29. The molecule has 0 N–H and O–H groups in total. The normalized spacial score (nSPS) is 16.0. The molecular formula is C19H24N2OS. The SMILES string of the molecule is CC(C)CN1CCN(C(=O)c2sccc2-c2ccccc2)CC1. The van der Waals surface area contributed by atoms with E-state index in [1.54, 1.807) is 11.3 Å². The largest absolute Gasteiger partial charge is 0.335 e. The molecule has 23 heavy (non-hydrogen) atoms. The Morgan fingerprint density at radius 3 is 2.43 bits per heavy atom. The first-order valence-corrected chi connectivity index (χ1v) is 9.17. The van der Waals surface area contributed by atoms with Crippen LogP contribution in [0.1, 0.15) is 23.5 Å². The van der Waals surface area contributed by atoms with Gasteiger partial charge in [-0.2, -0.15) is 0 Å². The fourth-order valence-corrected chi connectivity index (χ4v) is 4.00. The van der Waals surface area contributed by atoms with E-state index in [0.29, 0.717) is 5.92 Å². The smallest absolute Gasteiger partial charge is 0.264 e. The zero-order chi connectivity index (χ0) is 16.2. The number of hydrogen-bond donors (Lipinski definition) is 0. The molecular weight excluding hydrogens is 304 g/mol. The summed E-state index contributed by atoms with van der Waals surface area (Å²) in [6, 6.07) is 12.2. The van der Waals surface area contributed by atoms with Crippen LogP contribution in [-0.4, -0.2) is 48.4 Å². The summed E-state index contributed by atoms with van der Waals surface area (Å²) >= 11 is 1.55. The van der Waals surface area contributed by atoms with Gasteiger partial charge >= 0.3 is 0 Å². The van der Waals surface area contributed by atoms with E-state index in [0.717, 1.165) is 48.7 Å². The number of benzene rings is 1. The summed E-state index contributed by atoms with van der Waals surface area (Å²) in [7, 11) is 0. The standard InChI is InChI=1S/C19H24N2OS/c1-15(2)14-20-9-11-21(12-10-20)19(22)18-17(8-13-23-18)16-6-4-3-5-7-16/h3-8,13,15H,9-12,14H2,1-2H3. The van der Waals surface area contributed by atoms with Crippen LogP contribution in [0.3, 0.4) is 0 Å². The van der Waals surface area contributed by atoms with E-state index in [2.05, 4.69) is 36.9 Å². The lowest BCUT2D eigenvalue weighted by molar-refractivity contribution is 0.0629. The van der Waals surface area contributed by atoms with Gasteiger partial charge in [-0.05, 0) is 22.9 Å². The summed E-state index contributed by atoms with van der Waals surface area (Å²) < 4.78 is 0. The number of amides is 1. The molecule has 0 aliphatic carbocycles. The van der Waals surface area contributed by atoms with Crippen LogP contribution in [0.4, 0.5) is 0 Å². The second-order valence-corrected chi connectivity index (χ2v) is 7.43. The van der Waals surface area contributed by atoms with Crippen molar-refractivity contribution in [1.29, 1.82) is 0 Å². The summed E-state index contributed by atoms with van der Waals surface area (Å²) in [6.07, 6.45) is 0. The predicted molar refractivity (Wildman–Crippen MR) is 96.9 cm³/mol. The highest BCUT2D eigenvalue weighted by Crippen LogP contribution is 2.29. The van der Waals surface area contributed by atoms with Gasteiger partial charge in [0.1, 0.15) is 0 Å². The minimum Gasteiger partial charge on any atom is -0.335 e. The molecule has 0 spiro atoms. The van der Waals surface area contributed by atoms with Crippen molar-refractivity contribution in [2.45, 2.75) is 13.8 Å². The van der Waals surface area contributed by atoms with Gasteiger partial charge in [0.15, 0.2) is 0 Å². The zero-order valence-electron chi connectivity index (χ0n) is 13.9. The lowest BCUT2D eigenvalue weighted by Gasteiger charge is -2.35. The van der Waals surface area contributed by atoms with Crippen molar-refractivity contribution in [2.24, 2.45) is 5.92 Å². The molecule has 1 saturated heterocycles. The Morgan fingerprint density at radius 1 is 1.09 bits per heavy atom. The van der Waals surface area contributed by atoms with Crippen LogP contribution in [0.5, 0.6) is 0 Å². The van der Waals surface area contributed by atoms with Crippen LogP contribution in [0, 0.1) is 5.92 Å². The van der Waals surface area contributed by atoms with Crippen LogP contribution in [0.2, 0.25) is 0 Å². The molecule has 1 aliphatic heterocycles. The van der Waals surface area contributed by atoms with Gasteiger partial charge in [0.2, 0.25) is 0 Å². The number of thiophene rings is 1. The van der Waals surface area contributed by atoms with Crippen molar-refractivity contribution >= 4 is 17.2 Å². The number of piperazine rings is 1. The maximum Gasteiger partial charge on any atom is 0.264 e. The first kappa shape index (κ1) is 16.2. The number of carbonyl (C=O) groups excluding carboxylic acids is 1. The molecule has 1 aliphatic rings. The molecule has 1 fully saturated rings. The van der Waals surface area contributed by atoms with Crippen molar-refractivity contribution in [1.82, 2.24) is 9.80 Å². The first-order chi connectivity index (χ1) is 11.1. The van der Waals surface area contributed by atoms with Gasteiger partial charge in [0.25, 0.3) is 5.91 Å². The molecule has 3 nitrogen and oxygen atoms in total. The van der Waals surface area contributed by atoms with Crippen molar-refractivity contribution in [3.63, 3.8) is 0 Å². The third-order valence-corrected chi connectivity index (χ3v) is 5.13. The zero-order valence-corrected chi connectivity index (χ0v) is 14.7. The number of carbonyl (C=O) groups is 1. The van der Waals surface area contributed by atoms with Gasteiger partial charge in [0.05, 0.1) is 4.88 Å². The van der Waals surface area contributed by atoms with Gasteiger partial charge in [-0.15, -0.1) is 11.3 Å². The van der Waals surface area contributed by atoms with Crippen molar-refractivity contribution < 1.29 is 4.79 Å². The Bertz CT molecular complexity index is 642. The van der Waals surface area contributed by atoms with E-state index >= 15 is 0 Å². The molecule has 2 aromatic rings. The lowest BCUT2D eigenvalue weighted by Crippen LogP contribution is -2.49. The summed E-state index contributed by atoms with van der Waals surface area (Å²) in [5.74, 6) is 0.863. The molecule has 0 saturated carbocycles. The highest BCUT2D eigenvalue weighted by atomic mass is 32.1. The summed E-state index contributed by atoms with van der Waals surface area (Å²) in [6.45, 7) is 9.24. The van der Waals surface area contributed by atoms with Gasteiger partial charge in [0, 0.05) is 38.3 Å². The predicted octanol–water partition coefficient (Wildman–Crippen LogP) is 3.83. The fourth-order valence-electron chi connectivity index (χ4n) is 3.11. The van der Waals surface area contributed by atoms with E-state index in [-0.39, 0.29) is 5.91 Å². The van der Waals surface area contributed by atoms with Crippen LogP contribution in [0.25, 0.3) is 11.1 Å². The Morgan fingerprint density at radius 2 is 1.78 bits per heavy atom. The molecule has 0 bridgehead atoms. The molecule has 3 rings (SSSR count). The quantitative estimate of drug-likeness (QED) is 0.851. The highest BCUT2D eigenvalue weighted by Gasteiger charge is 2.25. The van der Waals surface area contributed by atoms with E-state index in [9.17, 15) is 4.79 Å².